The molecule has 0 saturated heterocycles. The number of nitrogens with two attached hydrogens (primary N) is 1. The summed E-state index contributed by atoms with van der Waals surface area (Å²) in [5, 5.41) is 3.75. The van der Waals surface area contributed by atoms with Crippen molar-refractivity contribution in [3.05, 3.63) is 24.3 Å². The fourth-order valence-corrected chi connectivity index (χ4v) is 5.01. The normalized spacial score (nSPS) is 29.8. The van der Waals surface area contributed by atoms with E-state index in [1.807, 2.05) is 24.3 Å². The number of fused-ring (bicyclic) bond motifs is 3. The van der Waals surface area contributed by atoms with E-state index in [1.165, 1.54) is 19.3 Å². The number of benzene rings is 1. The van der Waals surface area contributed by atoms with Gasteiger partial charge in [-0.3, -0.25) is 4.79 Å². The average molecular weight is 352 g/mol. The van der Waals surface area contributed by atoms with Crippen LogP contribution in [-0.2, 0) is 4.79 Å². The Morgan fingerprint density at radius 2 is 1.91 bits per heavy atom. The van der Waals surface area contributed by atoms with Gasteiger partial charge in [0.2, 0.25) is 5.91 Å². The lowest BCUT2D eigenvalue weighted by atomic mass is 9.65. The highest BCUT2D eigenvalue weighted by atomic mass is 35.5. The molecule has 1 heterocycles. The summed E-state index contributed by atoms with van der Waals surface area (Å²) in [4.78, 5) is 17.1. The van der Waals surface area contributed by atoms with E-state index in [0.717, 1.165) is 23.1 Å². The second kappa shape index (κ2) is 6.75. The number of anilines is 1. The first-order valence-corrected chi connectivity index (χ1v) is 8.94. The molecule has 2 fully saturated rings. The van der Waals surface area contributed by atoms with E-state index in [0.29, 0.717) is 23.0 Å². The molecule has 124 valence electrons. The molecule has 1 aromatic carbocycles. The average Bonchev–Trinajstić information content (AvgIpc) is 2.88. The van der Waals surface area contributed by atoms with Crippen LogP contribution in [0.3, 0.4) is 0 Å². The molecule has 0 spiro atoms. The molecule has 4 rings (SSSR count). The minimum absolute atomic E-state index is 0. The predicted molar refractivity (Wildman–Crippen MR) is 97.0 cm³/mol. The van der Waals surface area contributed by atoms with Gasteiger partial charge in [-0.1, -0.05) is 29.9 Å². The van der Waals surface area contributed by atoms with Gasteiger partial charge in [0, 0.05) is 12.0 Å². The lowest BCUT2D eigenvalue weighted by molar-refractivity contribution is -0.122. The lowest BCUT2D eigenvalue weighted by Crippen LogP contribution is -2.48. The number of para-hydroxylation sites is 1. The highest BCUT2D eigenvalue weighted by Gasteiger charge is 2.40. The third kappa shape index (κ3) is 3.23. The fraction of sp³-hybridized carbons (Fsp3) is 0.529. The SMILES string of the molecule is Cl.NC1C2CCCC1CC(C(=O)Nc1nc3ccccc3s1)C2. The van der Waals surface area contributed by atoms with Crippen molar-refractivity contribution < 1.29 is 4.79 Å². The van der Waals surface area contributed by atoms with Crippen LogP contribution in [0, 0.1) is 17.8 Å². The first kappa shape index (κ1) is 16.7. The number of carbonyl (C=O) groups is 1. The highest BCUT2D eigenvalue weighted by molar-refractivity contribution is 7.22. The molecular weight excluding hydrogens is 330 g/mol. The summed E-state index contributed by atoms with van der Waals surface area (Å²) in [5.74, 6) is 1.28. The van der Waals surface area contributed by atoms with Crippen LogP contribution in [0.25, 0.3) is 10.2 Å². The van der Waals surface area contributed by atoms with Crippen LogP contribution in [0.1, 0.15) is 32.1 Å². The number of halogens is 1. The first-order chi connectivity index (χ1) is 10.7. The molecule has 0 aliphatic heterocycles. The van der Waals surface area contributed by atoms with Crippen LogP contribution >= 0.6 is 23.7 Å². The minimum atomic E-state index is 0. The van der Waals surface area contributed by atoms with Crippen LogP contribution in [0.2, 0.25) is 0 Å². The molecule has 2 bridgehead atoms. The van der Waals surface area contributed by atoms with Crippen LogP contribution in [0.5, 0.6) is 0 Å². The van der Waals surface area contributed by atoms with Crippen LogP contribution < -0.4 is 11.1 Å². The number of nitrogens with zero attached hydrogens (tertiary/aromatic N) is 1. The summed E-state index contributed by atoms with van der Waals surface area (Å²) < 4.78 is 1.11. The molecule has 1 aromatic heterocycles. The summed E-state index contributed by atoms with van der Waals surface area (Å²) >= 11 is 1.54. The number of amides is 1. The Morgan fingerprint density at radius 1 is 1.22 bits per heavy atom. The van der Waals surface area contributed by atoms with Crippen molar-refractivity contribution in [3.63, 3.8) is 0 Å². The minimum Gasteiger partial charge on any atom is -0.327 e. The van der Waals surface area contributed by atoms with Gasteiger partial charge in [0.15, 0.2) is 5.13 Å². The largest absolute Gasteiger partial charge is 0.327 e. The Labute approximate surface area is 146 Å². The van der Waals surface area contributed by atoms with Crippen LogP contribution in [0.4, 0.5) is 5.13 Å². The van der Waals surface area contributed by atoms with E-state index in [-0.39, 0.29) is 24.2 Å². The highest BCUT2D eigenvalue weighted by Crippen LogP contribution is 2.42. The molecule has 2 aliphatic rings. The molecule has 0 radical (unpaired) electrons. The van der Waals surface area contributed by atoms with E-state index in [2.05, 4.69) is 10.3 Å². The van der Waals surface area contributed by atoms with Gasteiger partial charge in [-0.2, -0.15) is 0 Å². The van der Waals surface area contributed by atoms with E-state index < -0.39 is 0 Å². The molecule has 3 N–H and O–H groups in total. The quantitative estimate of drug-likeness (QED) is 0.864. The van der Waals surface area contributed by atoms with Gasteiger partial charge in [-0.15, -0.1) is 12.4 Å². The Hall–Kier alpha value is -1.17. The maximum atomic E-state index is 12.6. The first-order valence-electron chi connectivity index (χ1n) is 8.13. The molecule has 2 aromatic rings. The Bertz CT molecular complexity index is 657. The maximum absolute atomic E-state index is 12.6. The molecule has 1 amide bonds. The van der Waals surface area contributed by atoms with Crippen LogP contribution in [-0.4, -0.2) is 16.9 Å². The Morgan fingerprint density at radius 3 is 2.61 bits per heavy atom. The molecule has 2 atom stereocenters. The van der Waals surface area contributed by atoms with Crippen molar-refractivity contribution >= 4 is 45.0 Å². The maximum Gasteiger partial charge on any atom is 0.229 e. The number of carbonyl (C=O) groups excluding carboxylic acids is 1. The zero-order chi connectivity index (χ0) is 15.1. The van der Waals surface area contributed by atoms with E-state index in [1.54, 1.807) is 11.3 Å². The van der Waals surface area contributed by atoms with E-state index in [9.17, 15) is 4.79 Å². The van der Waals surface area contributed by atoms with Crippen molar-refractivity contribution in [1.29, 1.82) is 0 Å². The second-order valence-electron chi connectivity index (χ2n) is 6.67. The van der Waals surface area contributed by atoms with Crippen molar-refractivity contribution in [3.8, 4) is 0 Å². The van der Waals surface area contributed by atoms with Gasteiger partial charge in [0.05, 0.1) is 10.2 Å². The monoisotopic (exact) mass is 351 g/mol. The smallest absolute Gasteiger partial charge is 0.229 e. The molecular formula is C17H22ClN3OS. The van der Waals surface area contributed by atoms with Gasteiger partial charge in [-0.25, -0.2) is 4.98 Å². The number of hydrogen-bond donors (Lipinski definition) is 2. The number of aromatic nitrogens is 1. The zero-order valence-corrected chi connectivity index (χ0v) is 14.5. The van der Waals surface area contributed by atoms with E-state index >= 15 is 0 Å². The van der Waals surface area contributed by atoms with Crippen LogP contribution in [0.15, 0.2) is 24.3 Å². The second-order valence-corrected chi connectivity index (χ2v) is 7.70. The molecule has 2 saturated carbocycles. The third-order valence-corrected chi connectivity index (χ3v) is 6.26. The fourth-order valence-electron chi connectivity index (χ4n) is 4.14. The number of nitrogens with one attached hydrogen (secondary N) is 1. The third-order valence-electron chi connectivity index (χ3n) is 5.31. The van der Waals surface area contributed by atoms with E-state index in [4.69, 9.17) is 5.73 Å². The number of hydrogen-bond acceptors (Lipinski definition) is 4. The van der Waals surface area contributed by atoms with Crippen molar-refractivity contribution in [1.82, 2.24) is 4.98 Å². The summed E-state index contributed by atoms with van der Waals surface area (Å²) in [7, 11) is 0. The Balaban J connectivity index is 0.00000156. The molecule has 23 heavy (non-hydrogen) atoms. The summed E-state index contributed by atoms with van der Waals surface area (Å²) in [6.45, 7) is 0. The lowest BCUT2D eigenvalue weighted by Gasteiger charge is -2.43. The standard InChI is InChI=1S/C17H21N3OS.ClH/c18-15-10-4-3-5-11(15)9-12(8-10)16(21)20-17-19-13-6-1-2-7-14(13)22-17;/h1-2,6-7,10-12,15H,3-5,8-9,18H2,(H,19,20,21);1H. The predicted octanol–water partition coefficient (Wildman–Crippen LogP) is 3.81. The summed E-state index contributed by atoms with van der Waals surface area (Å²) in [6, 6.07) is 8.28. The zero-order valence-electron chi connectivity index (χ0n) is 12.9. The summed E-state index contributed by atoms with van der Waals surface area (Å²) in [6.07, 6.45) is 5.52. The molecule has 2 unspecified atom stereocenters. The summed E-state index contributed by atoms with van der Waals surface area (Å²) in [5.41, 5.74) is 7.26. The molecule has 4 nitrogen and oxygen atoms in total. The molecule has 2 aliphatic carbocycles. The van der Waals surface area contributed by atoms with Gasteiger partial charge in [0.1, 0.15) is 0 Å². The topological polar surface area (TPSA) is 68.0 Å². The van der Waals surface area contributed by atoms with Gasteiger partial charge >= 0.3 is 0 Å². The van der Waals surface area contributed by atoms with Gasteiger partial charge in [-0.05, 0) is 49.7 Å². The van der Waals surface area contributed by atoms with Gasteiger partial charge < -0.3 is 11.1 Å². The van der Waals surface area contributed by atoms with Crippen molar-refractivity contribution in [2.75, 3.05) is 5.32 Å². The molecule has 6 heteroatoms. The van der Waals surface area contributed by atoms with Gasteiger partial charge in [0.25, 0.3) is 0 Å². The number of rotatable bonds is 2. The van der Waals surface area contributed by atoms with Crippen molar-refractivity contribution in [2.45, 2.75) is 38.1 Å². The van der Waals surface area contributed by atoms with Crippen molar-refractivity contribution in [2.24, 2.45) is 23.5 Å². The number of thiazole rings is 1. The Kier molecular flexibility index (Phi) is 4.90.